The first kappa shape index (κ1) is 11.7. The van der Waals surface area contributed by atoms with Crippen LogP contribution in [-0.4, -0.2) is 13.1 Å². The third kappa shape index (κ3) is 3.08. The average molecular weight is 212 g/mol. The summed E-state index contributed by atoms with van der Waals surface area (Å²) in [7, 11) is 0. The molecule has 1 aromatic rings. The highest BCUT2D eigenvalue weighted by Crippen LogP contribution is 2.25. The van der Waals surface area contributed by atoms with Gasteiger partial charge in [0.25, 0.3) is 0 Å². The van der Waals surface area contributed by atoms with Crippen LogP contribution in [-0.2, 0) is 0 Å². The van der Waals surface area contributed by atoms with Gasteiger partial charge in [-0.15, -0.1) is 11.3 Å². The van der Waals surface area contributed by atoms with Crippen molar-refractivity contribution in [1.29, 1.82) is 0 Å². The highest BCUT2D eigenvalue weighted by molar-refractivity contribution is 7.12. The van der Waals surface area contributed by atoms with E-state index in [2.05, 4.69) is 32.2 Å². The molecule has 0 radical (unpaired) electrons. The van der Waals surface area contributed by atoms with Crippen LogP contribution in [0.3, 0.4) is 0 Å². The summed E-state index contributed by atoms with van der Waals surface area (Å²) in [4.78, 5) is 2.82. The van der Waals surface area contributed by atoms with Crippen molar-refractivity contribution in [3.8, 4) is 0 Å². The fraction of sp³-hybridized carbons (Fsp3) is 0.636. The molecule has 1 unspecified atom stereocenters. The molecule has 1 rings (SSSR count). The molecular weight excluding hydrogens is 192 g/mol. The van der Waals surface area contributed by atoms with Crippen molar-refractivity contribution in [3.63, 3.8) is 0 Å². The van der Waals surface area contributed by atoms with Crippen LogP contribution in [0.15, 0.2) is 6.07 Å². The maximum atomic E-state index is 5.45. The Balaban J connectivity index is 2.51. The summed E-state index contributed by atoms with van der Waals surface area (Å²) >= 11 is 1.87. The van der Waals surface area contributed by atoms with E-state index in [9.17, 15) is 0 Å². The van der Waals surface area contributed by atoms with E-state index in [0.29, 0.717) is 6.04 Å². The Kier molecular flexibility index (Phi) is 4.58. The number of hydrogen-bond acceptors (Lipinski definition) is 3. The maximum absolute atomic E-state index is 5.45. The molecule has 0 aliphatic heterocycles. The number of thiophene rings is 1. The van der Waals surface area contributed by atoms with Crippen LogP contribution in [0.2, 0.25) is 0 Å². The summed E-state index contributed by atoms with van der Waals surface area (Å²) in [6.45, 7) is 8.33. The highest BCUT2D eigenvalue weighted by Gasteiger charge is 2.09. The predicted molar refractivity (Wildman–Crippen MR) is 63.9 cm³/mol. The summed E-state index contributed by atoms with van der Waals surface area (Å²) in [5.41, 5.74) is 6.88. The van der Waals surface area contributed by atoms with Crippen LogP contribution in [0.1, 0.15) is 34.7 Å². The van der Waals surface area contributed by atoms with Crippen molar-refractivity contribution in [1.82, 2.24) is 5.32 Å². The molecule has 0 amide bonds. The SMILES string of the molecule is Cc1cc(C(C)NCCCN)c(C)s1. The largest absolute Gasteiger partial charge is 0.330 e. The van der Waals surface area contributed by atoms with Crippen molar-refractivity contribution in [2.24, 2.45) is 5.73 Å². The number of nitrogens with one attached hydrogen (secondary N) is 1. The zero-order valence-corrected chi connectivity index (χ0v) is 10.1. The molecule has 1 heterocycles. The lowest BCUT2D eigenvalue weighted by Gasteiger charge is -2.13. The summed E-state index contributed by atoms with van der Waals surface area (Å²) < 4.78 is 0. The molecule has 2 nitrogen and oxygen atoms in total. The summed E-state index contributed by atoms with van der Waals surface area (Å²) in [6, 6.07) is 2.73. The number of nitrogens with two attached hydrogens (primary N) is 1. The zero-order chi connectivity index (χ0) is 10.6. The summed E-state index contributed by atoms with van der Waals surface area (Å²) in [5, 5.41) is 3.48. The van der Waals surface area contributed by atoms with Crippen LogP contribution in [0.5, 0.6) is 0 Å². The first-order valence-corrected chi connectivity index (χ1v) is 5.97. The van der Waals surface area contributed by atoms with Gasteiger partial charge in [0.05, 0.1) is 0 Å². The predicted octanol–water partition coefficient (Wildman–Crippen LogP) is 2.36. The molecule has 0 bridgehead atoms. The lowest BCUT2D eigenvalue weighted by atomic mass is 10.1. The molecular formula is C11H20N2S. The molecule has 3 N–H and O–H groups in total. The topological polar surface area (TPSA) is 38.0 Å². The Bertz CT molecular complexity index is 281. The van der Waals surface area contributed by atoms with Gasteiger partial charge in [-0.1, -0.05) is 0 Å². The monoisotopic (exact) mass is 212 g/mol. The molecule has 1 atom stereocenters. The van der Waals surface area contributed by atoms with E-state index in [-0.39, 0.29) is 0 Å². The van der Waals surface area contributed by atoms with E-state index in [1.165, 1.54) is 15.3 Å². The lowest BCUT2D eigenvalue weighted by Crippen LogP contribution is -2.21. The van der Waals surface area contributed by atoms with Crippen molar-refractivity contribution in [3.05, 3.63) is 21.4 Å². The van der Waals surface area contributed by atoms with Gasteiger partial charge in [0.15, 0.2) is 0 Å². The third-order valence-corrected chi connectivity index (χ3v) is 3.36. The van der Waals surface area contributed by atoms with Crippen LogP contribution < -0.4 is 11.1 Å². The molecule has 0 aromatic carbocycles. The zero-order valence-electron chi connectivity index (χ0n) is 9.26. The van der Waals surface area contributed by atoms with Crippen LogP contribution in [0, 0.1) is 13.8 Å². The fourth-order valence-corrected chi connectivity index (χ4v) is 2.63. The minimum absolute atomic E-state index is 0.450. The van der Waals surface area contributed by atoms with Gasteiger partial charge in [0, 0.05) is 15.8 Å². The van der Waals surface area contributed by atoms with Gasteiger partial charge in [-0.3, -0.25) is 0 Å². The Morgan fingerprint density at radius 2 is 2.21 bits per heavy atom. The molecule has 3 heteroatoms. The quantitative estimate of drug-likeness (QED) is 0.735. The van der Waals surface area contributed by atoms with Gasteiger partial charge in [-0.2, -0.15) is 0 Å². The fourth-order valence-electron chi connectivity index (χ4n) is 1.61. The molecule has 1 aromatic heterocycles. The van der Waals surface area contributed by atoms with Crippen molar-refractivity contribution in [2.75, 3.05) is 13.1 Å². The minimum Gasteiger partial charge on any atom is -0.330 e. The van der Waals surface area contributed by atoms with Gasteiger partial charge in [-0.25, -0.2) is 0 Å². The number of hydrogen-bond donors (Lipinski definition) is 2. The second-order valence-corrected chi connectivity index (χ2v) is 5.15. The molecule has 0 aliphatic rings. The van der Waals surface area contributed by atoms with E-state index in [1.54, 1.807) is 0 Å². The highest BCUT2D eigenvalue weighted by atomic mass is 32.1. The van der Waals surface area contributed by atoms with Gasteiger partial charge in [-0.05, 0) is 51.9 Å². The Labute approximate surface area is 90.5 Å². The smallest absolute Gasteiger partial charge is 0.0302 e. The summed E-state index contributed by atoms with van der Waals surface area (Å²) in [6.07, 6.45) is 1.05. The second-order valence-electron chi connectivity index (χ2n) is 3.69. The van der Waals surface area contributed by atoms with E-state index in [0.717, 1.165) is 19.5 Å². The van der Waals surface area contributed by atoms with Crippen LogP contribution in [0.4, 0.5) is 0 Å². The molecule has 0 saturated carbocycles. The number of aryl methyl sites for hydroxylation is 2. The van der Waals surface area contributed by atoms with Gasteiger partial charge >= 0.3 is 0 Å². The van der Waals surface area contributed by atoms with E-state index in [1.807, 2.05) is 11.3 Å². The van der Waals surface area contributed by atoms with Gasteiger partial charge < -0.3 is 11.1 Å². The average Bonchev–Trinajstić information content (AvgIpc) is 2.45. The lowest BCUT2D eigenvalue weighted by molar-refractivity contribution is 0.561. The Hall–Kier alpha value is -0.380. The first-order chi connectivity index (χ1) is 6.65. The van der Waals surface area contributed by atoms with Crippen LogP contribution in [0.25, 0.3) is 0 Å². The molecule has 14 heavy (non-hydrogen) atoms. The van der Waals surface area contributed by atoms with Crippen molar-refractivity contribution in [2.45, 2.75) is 33.2 Å². The minimum atomic E-state index is 0.450. The second kappa shape index (κ2) is 5.49. The van der Waals surface area contributed by atoms with E-state index in [4.69, 9.17) is 5.73 Å². The molecule has 80 valence electrons. The third-order valence-electron chi connectivity index (χ3n) is 2.38. The molecule has 0 fully saturated rings. The van der Waals surface area contributed by atoms with E-state index < -0.39 is 0 Å². The number of rotatable bonds is 5. The van der Waals surface area contributed by atoms with Crippen molar-refractivity contribution < 1.29 is 0 Å². The first-order valence-electron chi connectivity index (χ1n) is 5.15. The molecule has 0 aliphatic carbocycles. The summed E-state index contributed by atoms with van der Waals surface area (Å²) in [5.74, 6) is 0. The normalized spacial score (nSPS) is 13.1. The Morgan fingerprint density at radius 3 is 2.71 bits per heavy atom. The van der Waals surface area contributed by atoms with E-state index >= 15 is 0 Å². The van der Waals surface area contributed by atoms with Gasteiger partial charge in [0.2, 0.25) is 0 Å². The van der Waals surface area contributed by atoms with Gasteiger partial charge in [0.1, 0.15) is 0 Å². The standard InChI is InChI=1S/C11H20N2S/c1-8-7-11(10(3)14-8)9(2)13-6-4-5-12/h7,9,13H,4-6,12H2,1-3H3. The van der Waals surface area contributed by atoms with Crippen molar-refractivity contribution >= 4 is 11.3 Å². The molecule has 0 spiro atoms. The Morgan fingerprint density at radius 1 is 1.50 bits per heavy atom. The molecule has 0 saturated heterocycles. The maximum Gasteiger partial charge on any atom is 0.0302 e. The van der Waals surface area contributed by atoms with Crippen LogP contribution >= 0.6 is 11.3 Å².